The molecule has 2 atom stereocenters. The maximum atomic E-state index is 11.8. The Morgan fingerprint density at radius 3 is 2.48 bits per heavy atom. The summed E-state index contributed by atoms with van der Waals surface area (Å²) in [7, 11) is 0. The van der Waals surface area contributed by atoms with Crippen LogP contribution in [0.2, 0.25) is 0 Å². The highest BCUT2D eigenvalue weighted by Crippen LogP contribution is 2.56. The fourth-order valence-electron chi connectivity index (χ4n) is 5.42. The van der Waals surface area contributed by atoms with Gasteiger partial charge in [0.2, 0.25) is 0 Å². The van der Waals surface area contributed by atoms with Gasteiger partial charge in [0.05, 0.1) is 6.10 Å². The van der Waals surface area contributed by atoms with Crippen LogP contribution in [0.3, 0.4) is 0 Å². The third kappa shape index (κ3) is 2.93. The Bertz CT molecular complexity index is 1130. The molecule has 1 N–H and O–H groups in total. The van der Waals surface area contributed by atoms with Gasteiger partial charge in [0.25, 0.3) is 0 Å². The first-order valence-electron chi connectivity index (χ1n) is 10.3. The molecule has 2 aliphatic rings. The molecule has 0 aromatic heterocycles. The number of benzene rings is 3. The van der Waals surface area contributed by atoms with Crippen molar-refractivity contribution in [3.8, 4) is 0 Å². The van der Waals surface area contributed by atoms with Crippen molar-refractivity contribution in [2.75, 3.05) is 0 Å². The van der Waals surface area contributed by atoms with Crippen LogP contribution in [-0.4, -0.2) is 5.11 Å². The molecule has 0 fully saturated rings. The molecule has 3 aromatic carbocycles. The van der Waals surface area contributed by atoms with Gasteiger partial charge < -0.3 is 5.11 Å². The van der Waals surface area contributed by atoms with Crippen molar-refractivity contribution in [3.05, 3.63) is 110 Å². The molecule has 3 aromatic rings. The quantitative estimate of drug-likeness (QED) is 0.486. The van der Waals surface area contributed by atoms with Crippen LogP contribution in [0.4, 0.5) is 0 Å². The number of rotatable bonds is 3. The average Bonchev–Trinajstić information content (AvgIpc) is 3.27. The lowest BCUT2D eigenvalue weighted by atomic mass is 9.70. The van der Waals surface area contributed by atoms with Crippen LogP contribution in [0.5, 0.6) is 0 Å². The molecule has 2 unspecified atom stereocenters. The second-order valence-corrected chi connectivity index (χ2v) is 9.44. The van der Waals surface area contributed by atoms with E-state index in [1.165, 1.54) is 39.0 Å². The van der Waals surface area contributed by atoms with Gasteiger partial charge in [0.1, 0.15) is 0 Å². The minimum Gasteiger partial charge on any atom is -0.387 e. The van der Waals surface area contributed by atoms with Crippen molar-refractivity contribution in [2.24, 2.45) is 5.41 Å². The molecule has 2 aliphatic carbocycles. The van der Waals surface area contributed by atoms with Crippen LogP contribution in [0.25, 0.3) is 6.08 Å². The van der Waals surface area contributed by atoms with Gasteiger partial charge in [-0.3, -0.25) is 0 Å². The Balaban J connectivity index is 1.66. The zero-order chi connectivity index (χ0) is 20.2. The lowest BCUT2D eigenvalue weighted by Gasteiger charge is -2.35. The molecule has 0 spiro atoms. The number of hydrogen-bond acceptors (Lipinski definition) is 1. The molecule has 0 amide bonds. The molecule has 1 nitrogen and oxygen atoms in total. The number of aliphatic hydroxyl groups is 1. The highest BCUT2D eigenvalue weighted by molar-refractivity contribution is 9.10. The Morgan fingerprint density at radius 2 is 1.72 bits per heavy atom. The van der Waals surface area contributed by atoms with E-state index in [2.05, 4.69) is 96.5 Å². The third-order valence-corrected chi connectivity index (χ3v) is 8.11. The zero-order valence-corrected chi connectivity index (χ0v) is 18.5. The summed E-state index contributed by atoms with van der Waals surface area (Å²) < 4.78 is 1.12. The maximum Gasteiger partial charge on any atom is 0.0895 e. The minimum absolute atomic E-state index is 0.305. The number of aliphatic hydroxyl groups excluding tert-OH is 1. The molecule has 0 saturated heterocycles. The molecule has 0 radical (unpaired) electrons. The molecule has 29 heavy (non-hydrogen) atoms. The highest BCUT2D eigenvalue weighted by Gasteiger charge is 2.49. The number of halogens is 1. The normalized spacial score (nSPS) is 22.3. The van der Waals surface area contributed by atoms with Crippen molar-refractivity contribution in [1.29, 1.82) is 0 Å². The maximum absolute atomic E-state index is 11.8. The first kappa shape index (κ1) is 18.8. The van der Waals surface area contributed by atoms with E-state index >= 15 is 0 Å². The van der Waals surface area contributed by atoms with E-state index in [-0.39, 0.29) is 5.41 Å². The summed E-state index contributed by atoms with van der Waals surface area (Å²) in [5, 5.41) is 11.8. The van der Waals surface area contributed by atoms with E-state index in [9.17, 15) is 5.11 Å². The average molecular weight is 445 g/mol. The molecule has 0 heterocycles. The van der Waals surface area contributed by atoms with Gasteiger partial charge in [-0.05, 0) is 72.1 Å². The van der Waals surface area contributed by atoms with Gasteiger partial charge in [-0.2, -0.15) is 0 Å². The second-order valence-electron chi connectivity index (χ2n) is 8.65. The first-order chi connectivity index (χ1) is 14.0. The highest BCUT2D eigenvalue weighted by atomic mass is 79.9. The Hall–Kier alpha value is -2.16. The van der Waals surface area contributed by atoms with Crippen LogP contribution >= 0.6 is 15.9 Å². The number of aryl methyl sites for hydroxylation is 1. The fraction of sp³-hybridized carbons (Fsp3) is 0.259. The predicted octanol–water partition coefficient (Wildman–Crippen LogP) is 6.52. The van der Waals surface area contributed by atoms with Gasteiger partial charge in [-0.15, -0.1) is 0 Å². The van der Waals surface area contributed by atoms with Gasteiger partial charge in [0, 0.05) is 9.89 Å². The summed E-state index contributed by atoms with van der Waals surface area (Å²) in [5.74, 6) is 0. The SMILES string of the molecule is Cc1cc2c(c(C)c1Br)C(O)C(Cc1ccccc1)(C1=Cc3ccccc3C1)C2. The molecule has 146 valence electrons. The summed E-state index contributed by atoms with van der Waals surface area (Å²) in [6, 6.07) is 21.5. The molecular weight excluding hydrogens is 420 g/mol. The smallest absolute Gasteiger partial charge is 0.0895 e. The zero-order valence-electron chi connectivity index (χ0n) is 16.9. The van der Waals surface area contributed by atoms with Gasteiger partial charge in [0.15, 0.2) is 0 Å². The van der Waals surface area contributed by atoms with Crippen LogP contribution in [0, 0.1) is 19.3 Å². The van der Waals surface area contributed by atoms with E-state index in [4.69, 9.17) is 0 Å². The molecule has 5 rings (SSSR count). The van der Waals surface area contributed by atoms with Gasteiger partial charge in [-0.25, -0.2) is 0 Å². The van der Waals surface area contributed by atoms with Gasteiger partial charge >= 0.3 is 0 Å². The number of fused-ring (bicyclic) bond motifs is 2. The van der Waals surface area contributed by atoms with E-state index in [0.717, 1.165) is 29.3 Å². The van der Waals surface area contributed by atoms with Crippen molar-refractivity contribution in [3.63, 3.8) is 0 Å². The number of hydrogen-bond donors (Lipinski definition) is 1. The van der Waals surface area contributed by atoms with Crippen molar-refractivity contribution >= 4 is 22.0 Å². The standard InChI is InChI=1S/C27H25BrO/c1-17-12-22-16-27(15-19-8-4-3-5-9-19,26(29)24(22)18(2)25(17)28)23-13-20-10-6-7-11-21(20)14-23/h3-13,26,29H,14-16H2,1-2H3. The Labute approximate surface area is 181 Å². The van der Waals surface area contributed by atoms with E-state index in [1.54, 1.807) is 0 Å². The van der Waals surface area contributed by atoms with Crippen LogP contribution in [-0.2, 0) is 19.3 Å². The van der Waals surface area contributed by atoms with Crippen molar-refractivity contribution in [2.45, 2.75) is 39.2 Å². The topological polar surface area (TPSA) is 20.2 Å². The Morgan fingerprint density at radius 1 is 1.00 bits per heavy atom. The summed E-state index contributed by atoms with van der Waals surface area (Å²) in [5.41, 5.74) is 9.84. The summed E-state index contributed by atoms with van der Waals surface area (Å²) in [6.07, 6.45) is 4.49. The molecule has 2 heteroatoms. The molecule has 0 bridgehead atoms. The Kier molecular flexibility index (Phi) is 4.53. The first-order valence-corrected chi connectivity index (χ1v) is 11.1. The second kappa shape index (κ2) is 6.97. The lowest BCUT2D eigenvalue weighted by Crippen LogP contribution is -2.31. The molecule has 0 saturated carbocycles. The summed E-state index contributed by atoms with van der Waals surface area (Å²) >= 11 is 3.75. The monoisotopic (exact) mass is 444 g/mol. The van der Waals surface area contributed by atoms with Crippen LogP contribution in [0.15, 0.2) is 70.7 Å². The van der Waals surface area contributed by atoms with Crippen molar-refractivity contribution < 1.29 is 5.11 Å². The fourth-order valence-corrected chi connectivity index (χ4v) is 5.75. The predicted molar refractivity (Wildman–Crippen MR) is 123 cm³/mol. The van der Waals surface area contributed by atoms with Crippen LogP contribution in [0.1, 0.15) is 45.0 Å². The third-order valence-electron chi connectivity index (χ3n) is 6.89. The lowest BCUT2D eigenvalue weighted by molar-refractivity contribution is 0.0646. The summed E-state index contributed by atoms with van der Waals surface area (Å²) in [6.45, 7) is 4.28. The van der Waals surface area contributed by atoms with Gasteiger partial charge in [-0.1, -0.05) is 88.2 Å². The molecular formula is C27H25BrO. The van der Waals surface area contributed by atoms with E-state index in [1.807, 2.05) is 0 Å². The summed E-state index contributed by atoms with van der Waals surface area (Å²) in [4.78, 5) is 0. The van der Waals surface area contributed by atoms with E-state index in [0.29, 0.717) is 0 Å². The van der Waals surface area contributed by atoms with Crippen molar-refractivity contribution in [1.82, 2.24) is 0 Å². The van der Waals surface area contributed by atoms with E-state index < -0.39 is 6.10 Å². The minimum atomic E-state index is -0.504. The molecule has 0 aliphatic heterocycles. The van der Waals surface area contributed by atoms with Crippen LogP contribution < -0.4 is 0 Å². The largest absolute Gasteiger partial charge is 0.387 e.